The van der Waals surface area contributed by atoms with Gasteiger partial charge in [-0.1, -0.05) is 0 Å². The number of amides is 3. The molecule has 0 spiro atoms. The lowest BCUT2D eigenvalue weighted by molar-refractivity contribution is -0.142. The van der Waals surface area contributed by atoms with E-state index in [2.05, 4.69) is 16.0 Å². The van der Waals surface area contributed by atoms with Gasteiger partial charge in [0.05, 0.1) is 19.7 Å². The van der Waals surface area contributed by atoms with Crippen LogP contribution in [0.1, 0.15) is 19.3 Å². The van der Waals surface area contributed by atoms with Gasteiger partial charge >= 0.3 is 5.97 Å². The van der Waals surface area contributed by atoms with Crippen molar-refractivity contribution in [2.24, 2.45) is 11.5 Å². The zero-order chi connectivity index (χ0) is 18.5. The van der Waals surface area contributed by atoms with Gasteiger partial charge in [0.2, 0.25) is 17.7 Å². The molecule has 0 aromatic heterocycles. The molecule has 0 saturated carbocycles. The molecule has 9 N–H and O–H groups in total. The summed E-state index contributed by atoms with van der Waals surface area (Å²) < 4.78 is 0. The summed E-state index contributed by atoms with van der Waals surface area (Å²) in [6, 6.07) is -2.32. The maximum atomic E-state index is 11.7. The van der Waals surface area contributed by atoms with Gasteiger partial charge in [-0.15, -0.1) is 0 Å². The fourth-order valence-electron chi connectivity index (χ4n) is 1.73. The van der Waals surface area contributed by atoms with E-state index in [1.165, 1.54) is 0 Å². The summed E-state index contributed by atoms with van der Waals surface area (Å²) >= 11 is 0. The molecule has 0 aliphatic rings. The number of carbonyl (C=O) groups is 4. The summed E-state index contributed by atoms with van der Waals surface area (Å²) in [7, 11) is 0. The van der Waals surface area contributed by atoms with Gasteiger partial charge in [0, 0.05) is 0 Å². The number of nitrogens with two attached hydrogens (primary N) is 2. The Kier molecular flexibility index (Phi) is 11.1. The number of unbranched alkanes of at least 4 members (excludes halogenated alkanes) is 1. The average molecular weight is 347 g/mol. The van der Waals surface area contributed by atoms with E-state index in [4.69, 9.17) is 21.7 Å². The van der Waals surface area contributed by atoms with E-state index in [0.717, 1.165) is 0 Å². The molecular weight excluding hydrogens is 322 g/mol. The van der Waals surface area contributed by atoms with Crippen molar-refractivity contribution in [1.29, 1.82) is 0 Å². The molecule has 0 radical (unpaired) electrons. The highest BCUT2D eigenvalue weighted by atomic mass is 16.4. The number of hydrogen-bond acceptors (Lipinski definition) is 7. The first kappa shape index (κ1) is 21.8. The van der Waals surface area contributed by atoms with Crippen LogP contribution in [-0.2, 0) is 19.2 Å². The molecule has 3 amide bonds. The number of aliphatic hydroxyl groups is 1. The van der Waals surface area contributed by atoms with E-state index in [-0.39, 0.29) is 13.0 Å². The smallest absolute Gasteiger partial charge is 0.326 e. The first-order valence-electron chi connectivity index (χ1n) is 7.45. The van der Waals surface area contributed by atoms with Crippen molar-refractivity contribution in [1.82, 2.24) is 16.0 Å². The van der Waals surface area contributed by atoms with Gasteiger partial charge in [0.25, 0.3) is 0 Å². The number of carboxylic acids is 1. The SMILES string of the molecule is NCCCCC(NC(=O)CNC(=O)C(CO)NC(=O)CN)C(=O)O. The van der Waals surface area contributed by atoms with Gasteiger partial charge < -0.3 is 37.6 Å². The van der Waals surface area contributed by atoms with Crippen LogP contribution in [0.15, 0.2) is 0 Å². The van der Waals surface area contributed by atoms with E-state index in [1.54, 1.807) is 0 Å². The number of rotatable bonds is 12. The normalized spacial score (nSPS) is 12.8. The monoisotopic (exact) mass is 347 g/mol. The molecule has 2 unspecified atom stereocenters. The lowest BCUT2D eigenvalue weighted by Crippen LogP contribution is -2.53. The minimum absolute atomic E-state index is 0.220. The third-order valence-corrected chi connectivity index (χ3v) is 3.02. The molecule has 0 bridgehead atoms. The van der Waals surface area contributed by atoms with Crippen LogP contribution in [0.4, 0.5) is 0 Å². The second kappa shape index (κ2) is 12.2. The van der Waals surface area contributed by atoms with Crippen LogP contribution in [0.3, 0.4) is 0 Å². The Morgan fingerprint density at radius 3 is 2.08 bits per heavy atom. The van der Waals surface area contributed by atoms with Crippen molar-refractivity contribution in [3.63, 3.8) is 0 Å². The highest BCUT2D eigenvalue weighted by Crippen LogP contribution is 2.00. The van der Waals surface area contributed by atoms with Crippen LogP contribution in [0.25, 0.3) is 0 Å². The number of hydrogen-bond donors (Lipinski definition) is 7. The van der Waals surface area contributed by atoms with Crippen molar-refractivity contribution < 1.29 is 29.4 Å². The molecule has 2 atom stereocenters. The van der Waals surface area contributed by atoms with Crippen LogP contribution in [0.5, 0.6) is 0 Å². The Morgan fingerprint density at radius 2 is 1.58 bits per heavy atom. The first-order chi connectivity index (χ1) is 11.3. The van der Waals surface area contributed by atoms with Gasteiger partial charge in [0.1, 0.15) is 12.1 Å². The minimum Gasteiger partial charge on any atom is -0.480 e. The van der Waals surface area contributed by atoms with Crippen LogP contribution in [-0.4, -0.2) is 72.2 Å². The van der Waals surface area contributed by atoms with Crippen LogP contribution in [0, 0.1) is 0 Å². The third-order valence-electron chi connectivity index (χ3n) is 3.02. The van der Waals surface area contributed by atoms with Gasteiger partial charge in [-0.2, -0.15) is 0 Å². The highest BCUT2D eigenvalue weighted by molar-refractivity contribution is 5.91. The fourth-order valence-corrected chi connectivity index (χ4v) is 1.73. The quantitative estimate of drug-likeness (QED) is 0.175. The molecule has 0 rings (SSSR count). The number of nitrogens with one attached hydrogen (secondary N) is 3. The first-order valence-corrected chi connectivity index (χ1v) is 7.45. The van der Waals surface area contributed by atoms with Crippen molar-refractivity contribution in [3.05, 3.63) is 0 Å². The van der Waals surface area contributed by atoms with Gasteiger partial charge in [-0.05, 0) is 25.8 Å². The van der Waals surface area contributed by atoms with Crippen LogP contribution >= 0.6 is 0 Å². The molecule has 0 aliphatic carbocycles. The Bertz CT molecular complexity index is 445. The summed E-state index contributed by atoms with van der Waals surface area (Å²) in [5, 5.41) is 24.7. The molecule has 138 valence electrons. The summed E-state index contributed by atoms with van der Waals surface area (Å²) in [5.74, 6) is -3.32. The maximum Gasteiger partial charge on any atom is 0.326 e. The molecular formula is C13H25N5O6. The van der Waals surface area contributed by atoms with Gasteiger partial charge in [0.15, 0.2) is 0 Å². The van der Waals surface area contributed by atoms with Crippen LogP contribution in [0.2, 0.25) is 0 Å². The van der Waals surface area contributed by atoms with Gasteiger partial charge in [-0.25, -0.2) is 4.79 Å². The molecule has 11 heteroatoms. The number of aliphatic carboxylic acids is 1. The number of carboxylic acid groups (broad SMARTS) is 1. The average Bonchev–Trinajstić information content (AvgIpc) is 2.56. The summed E-state index contributed by atoms with van der Waals surface area (Å²) in [6.45, 7) is -1.09. The van der Waals surface area contributed by atoms with E-state index < -0.39 is 48.9 Å². The third kappa shape index (κ3) is 9.02. The minimum atomic E-state index is -1.24. The van der Waals surface area contributed by atoms with E-state index in [0.29, 0.717) is 19.4 Å². The number of carbonyl (C=O) groups excluding carboxylic acids is 3. The Balaban J connectivity index is 4.35. The van der Waals surface area contributed by atoms with E-state index in [9.17, 15) is 19.2 Å². The summed E-state index contributed by atoms with van der Waals surface area (Å²) in [6.07, 6.45) is 1.39. The standard InChI is InChI=1S/C13H25N5O6/c14-4-2-1-3-8(13(23)24)17-11(21)6-16-12(22)9(7-19)18-10(20)5-15/h8-9,19H,1-7,14-15H2,(H,16,22)(H,17,21)(H,18,20)(H,23,24). The molecule has 0 heterocycles. The Morgan fingerprint density at radius 1 is 0.958 bits per heavy atom. The molecule has 11 nitrogen and oxygen atoms in total. The Hall–Kier alpha value is -2.24. The predicted octanol–water partition coefficient (Wildman–Crippen LogP) is -3.76. The fraction of sp³-hybridized carbons (Fsp3) is 0.692. The zero-order valence-electron chi connectivity index (χ0n) is 13.3. The zero-order valence-corrected chi connectivity index (χ0v) is 13.3. The second-order valence-corrected chi connectivity index (χ2v) is 4.97. The van der Waals surface area contributed by atoms with Crippen molar-refractivity contribution in [3.8, 4) is 0 Å². The molecule has 0 aromatic carbocycles. The summed E-state index contributed by atoms with van der Waals surface area (Å²) in [4.78, 5) is 45.6. The topological polar surface area (TPSA) is 197 Å². The molecule has 0 aromatic rings. The summed E-state index contributed by atoms with van der Waals surface area (Å²) in [5.41, 5.74) is 10.4. The molecule has 0 fully saturated rings. The predicted molar refractivity (Wildman–Crippen MR) is 83.6 cm³/mol. The Labute approximate surface area is 139 Å². The van der Waals surface area contributed by atoms with Crippen molar-refractivity contribution in [2.45, 2.75) is 31.3 Å². The highest BCUT2D eigenvalue weighted by Gasteiger charge is 2.22. The maximum absolute atomic E-state index is 11.7. The molecule has 0 aliphatic heterocycles. The lowest BCUT2D eigenvalue weighted by atomic mass is 10.1. The van der Waals surface area contributed by atoms with Crippen LogP contribution < -0.4 is 27.4 Å². The largest absolute Gasteiger partial charge is 0.480 e. The van der Waals surface area contributed by atoms with E-state index >= 15 is 0 Å². The lowest BCUT2D eigenvalue weighted by Gasteiger charge is -2.17. The number of aliphatic hydroxyl groups excluding tert-OH is 1. The van der Waals surface area contributed by atoms with Crippen molar-refractivity contribution >= 4 is 23.7 Å². The van der Waals surface area contributed by atoms with Crippen molar-refractivity contribution in [2.75, 3.05) is 26.2 Å². The molecule has 24 heavy (non-hydrogen) atoms. The van der Waals surface area contributed by atoms with Gasteiger partial charge in [-0.3, -0.25) is 14.4 Å². The molecule has 0 saturated heterocycles. The van der Waals surface area contributed by atoms with E-state index in [1.807, 2.05) is 0 Å². The second-order valence-electron chi connectivity index (χ2n) is 4.97.